The molecule has 1 fully saturated rings. The third-order valence-electron chi connectivity index (χ3n) is 3.27. The van der Waals surface area contributed by atoms with E-state index in [2.05, 4.69) is 13.2 Å². The van der Waals surface area contributed by atoms with Gasteiger partial charge in [0, 0.05) is 5.38 Å². The number of alkyl halides is 1. The highest BCUT2D eigenvalue weighted by Gasteiger charge is 2.27. The van der Waals surface area contributed by atoms with Crippen molar-refractivity contribution < 1.29 is 0 Å². The van der Waals surface area contributed by atoms with Gasteiger partial charge in [0.25, 0.3) is 0 Å². The maximum absolute atomic E-state index is 6.33. The summed E-state index contributed by atoms with van der Waals surface area (Å²) >= 11 is 8.28. The minimum atomic E-state index is 0.468. The molecule has 0 amide bonds. The quantitative estimate of drug-likeness (QED) is 0.641. The van der Waals surface area contributed by atoms with Gasteiger partial charge in [0.15, 0.2) is 0 Å². The number of hydrogen-bond donors (Lipinski definition) is 0. The molecule has 1 saturated carbocycles. The predicted molar refractivity (Wildman–Crippen MR) is 63.8 cm³/mol. The largest absolute Gasteiger partial charge is 0.165 e. The van der Waals surface area contributed by atoms with Crippen LogP contribution in [0.2, 0.25) is 0 Å². The summed E-state index contributed by atoms with van der Waals surface area (Å²) in [6.45, 7) is 2.31. The van der Waals surface area contributed by atoms with E-state index < -0.39 is 0 Å². The number of thioether (sulfide) groups is 1. The van der Waals surface area contributed by atoms with Crippen molar-refractivity contribution in [3.63, 3.8) is 0 Å². The maximum atomic E-state index is 6.33. The highest BCUT2D eigenvalue weighted by molar-refractivity contribution is 7.98. The molecule has 0 bridgehead atoms. The van der Waals surface area contributed by atoms with Crippen LogP contribution < -0.4 is 0 Å². The molecule has 0 N–H and O–H groups in total. The lowest BCUT2D eigenvalue weighted by atomic mass is 9.79. The fourth-order valence-electron chi connectivity index (χ4n) is 2.26. The van der Waals surface area contributed by atoms with Gasteiger partial charge in [-0.25, -0.2) is 0 Å². The molecule has 78 valence electrons. The van der Waals surface area contributed by atoms with E-state index in [0.29, 0.717) is 5.38 Å². The van der Waals surface area contributed by atoms with E-state index in [1.54, 1.807) is 0 Å². The number of rotatable bonds is 4. The van der Waals surface area contributed by atoms with Gasteiger partial charge in [-0.2, -0.15) is 11.8 Å². The van der Waals surface area contributed by atoms with Crippen molar-refractivity contribution in [2.45, 2.75) is 44.4 Å². The van der Waals surface area contributed by atoms with Gasteiger partial charge in [0.2, 0.25) is 0 Å². The average molecular weight is 221 g/mol. The molecule has 0 aliphatic heterocycles. The molecule has 0 saturated heterocycles. The molecule has 0 aromatic rings. The fraction of sp³-hybridized carbons (Fsp3) is 1.00. The Hall–Kier alpha value is 0.640. The standard InChI is InChI=1S/C11H21ClS/c1-3-9-4-5-11(12)10(8-9)6-7-13-2/h9-11H,3-8H2,1-2H3. The molecule has 3 unspecified atom stereocenters. The lowest BCUT2D eigenvalue weighted by Gasteiger charge is -2.32. The summed E-state index contributed by atoms with van der Waals surface area (Å²) in [6, 6.07) is 0. The van der Waals surface area contributed by atoms with Crippen LogP contribution in [0.1, 0.15) is 39.0 Å². The van der Waals surface area contributed by atoms with Gasteiger partial charge in [-0.15, -0.1) is 11.6 Å². The first-order valence-corrected chi connectivity index (χ1v) is 7.24. The molecule has 1 rings (SSSR count). The van der Waals surface area contributed by atoms with Gasteiger partial charge < -0.3 is 0 Å². The zero-order valence-electron chi connectivity index (χ0n) is 8.76. The Morgan fingerprint density at radius 3 is 2.77 bits per heavy atom. The molecule has 1 aliphatic carbocycles. The first-order valence-electron chi connectivity index (χ1n) is 5.41. The van der Waals surface area contributed by atoms with E-state index >= 15 is 0 Å². The molecule has 0 heterocycles. The van der Waals surface area contributed by atoms with Crippen molar-refractivity contribution in [3.05, 3.63) is 0 Å². The second-order valence-corrected chi connectivity index (χ2v) is 5.69. The molecule has 1 aliphatic rings. The van der Waals surface area contributed by atoms with E-state index in [1.807, 2.05) is 11.8 Å². The van der Waals surface area contributed by atoms with Crippen molar-refractivity contribution in [1.82, 2.24) is 0 Å². The summed E-state index contributed by atoms with van der Waals surface area (Å²) in [7, 11) is 0. The smallest absolute Gasteiger partial charge is 0.0364 e. The van der Waals surface area contributed by atoms with Gasteiger partial charge in [-0.1, -0.05) is 13.3 Å². The SMILES string of the molecule is CCC1CCC(Cl)C(CCSC)C1. The first-order chi connectivity index (χ1) is 6.27. The van der Waals surface area contributed by atoms with Crippen LogP contribution in [-0.2, 0) is 0 Å². The van der Waals surface area contributed by atoms with E-state index in [4.69, 9.17) is 11.6 Å². The summed E-state index contributed by atoms with van der Waals surface area (Å²) in [5.74, 6) is 3.04. The van der Waals surface area contributed by atoms with Crippen molar-refractivity contribution in [1.29, 1.82) is 0 Å². The van der Waals surface area contributed by atoms with E-state index in [1.165, 1.54) is 37.9 Å². The molecule has 0 aromatic carbocycles. The third-order valence-corrected chi connectivity index (χ3v) is 4.49. The number of hydrogen-bond acceptors (Lipinski definition) is 1. The van der Waals surface area contributed by atoms with E-state index in [0.717, 1.165) is 11.8 Å². The summed E-state index contributed by atoms with van der Waals surface area (Å²) in [6.07, 6.45) is 8.85. The fourth-order valence-corrected chi connectivity index (χ4v) is 3.16. The summed E-state index contributed by atoms with van der Waals surface area (Å²) in [4.78, 5) is 0. The van der Waals surface area contributed by atoms with Crippen LogP contribution in [0.25, 0.3) is 0 Å². The molecular weight excluding hydrogens is 200 g/mol. The molecule has 0 spiro atoms. The Morgan fingerprint density at radius 1 is 1.38 bits per heavy atom. The van der Waals surface area contributed by atoms with Crippen LogP contribution in [0, 0.1) is 11.8 Å². The molecule has 2 heteroatoms. The van der Waals surface area contributed by atoms with Gasteiger partial charge in [0.1, 0.15) is 0 Å². The third kappa shape index (κ3) is 3.71. The minimum absolute atomic E-state index is 0.468. The molecule has 13 heavy (non-hydrogen) atoms. The lowest BCUT2D eigenvalue weighted by Crippen LogP contribution is -2.25. The molecule has 0 aromatic heterocycles. The summed E-state index contributed by atoms with van der Waals surface area (Å²) < 4.78 is 0. The predicted octanol–water partition coefficient (Wildman–Crippen LogP) is 4.17. The molecule has 0 nitrogen and oxygen atoms in total. The highest BCUT2D eigenvalue weighted by atomic mass is 35.5. The maximum Gasteiger partial charge on any atom is 0.0364 e. The van der Waals surface area contributed by atoms with Gasteiger partial charge in [0.05, 0.1) is 0 Å². The van der Waals surface area contributed by atoms with Crippen molar-refractivity contribution in [3.8, 4) is 0 Å². The zero-order chi connectivity index (χ0) is 9.68. The van der Waals surface area contributed by atoms with Crippen LogP contribution >= 0.6 is 23.4 Å². The molecule has 3 atom stereocenters. The highest BCUT2D eigenvalue weighted by Crippen LogP contribution is 2.36. The van der Waals surface area contributed by atoms with E-state index in [-0.39, 0.29) is 0 Å². The van der Waals surface area contributed by atoms with Crippen molar-refractivity contribution in [2.24, 2.45) is 11.8 Å². The Morgan fingerprint density at radius 2 is 2.15 bits per heavy atom. The number of halogens is 1. The van der Waals surface area contributed by atoms with Crippen LogP contribution in [0.4, 0.5) is 0 Å². The van der Waals surface area contributed by atoms with Crippen molar-refractivity contribution in [2.75, 3.05) is 12.0 Å². The molecular formula is C11H21ClS. The van der Waals surface area contributed by atoms with Gasteiger partial charge in [-0.05, 0) is 49.5 Å². The van der Waals surface area contributed by atoms with Crippen LogP contribution in [0.5, 0.6) is 0 Å². The normalized spacial score (nSPS) is 34.8. The van der Waals surface area contributed by atoms with E-state index in [9.17, 15) is 0 Å². The zero-order valence-corrected chi connectivity index (χ0v) is 10.3. The van der Waals surface area contributed by atoms with Crippen molar-refractivity contribution >= 4 is 23.4 Å². The minimum Gasteiger partial charge on any atom is -0.165 e. The Kier molecular flexibility index (Phi) is 5.57. The average Bonchev–Trinajstić information content (AvgIpc) is 2.17. The van der Waals surface area contributed by atoms with Gasteiger partial charge in [-0.3, -0.25) is 0 Å². The first kappa shape index (κ1) is 11.7. The Balaban J connectivity index is 2.31. The summed E-state index contributed by atoms with van der Waals surface area (Å²) in [5, 5.41) is 0.468. The van der Waals surface area contributed by atoms with Crippen LogP contribution in [0.3, 0.4) is 0 Å². The van der Waals surface area contributed by atoms with Gasteiger partial charge >= 0.3 is 0 Å². The molecule has 0 radical (unpaired) electrons. The Labute approximate surface area is 91.8 Å². The topological polar surface area (TPSA) is 0 Å². The summed E-state index contributed by atoms with van der Waals surface area (Å²) in [5.41, 5.74) is 0. The monoisotopic (exact) mass is 220 g/mol. The lowest BCUT2D eigenvalue weighted by molar-refractivity contribution is 0.262. The second-order valence-electron chi connectivity index (χ2n) is 4.14. The van der Waals surface area contributed by atoms with Crippen LogP contribution in [-0.4, -0.2) is 17.4 Å². The van der Waals surface area contributed by atoms with Crippen LogP contribution in [0.15, 0.2) is 0 Å². The Bertz CT molecular complexity index is 138. The second kappa shape index (κ2) is 6.19.